The van der Waals surface area contributed by atoms with Crippen molar-refractivity contribution >= 4 is 51.0 Å². The average Bonchev–Trinajstić information content (AvgIpc) is 2.38. The number of hydrogen-bond donors (Lipinski definition) is 1. The number of aromatic carboxylic acids is 1. The minimum absolute atomic E-state index is 0.0737. The zero-order valence-corrected chi connectivity index (χ0v) is 14.2. The summed E-state index contributed by atoms with van der Waals surface area (Å²) in [6, 6.07) is 2.01. The van der Waals surface area contributed by atoms with Crippen LogP contribution in [-0.2, 0) is 10.0 Å². The number of rotatable bonds is 3. The molecular formula is C12H13Cl2NO4S2. The van der Waals surface area contributed by atoms with Crippen LogP contribution in [0, 0.1) is 0 Å². The predicted molar refractivity (Wildman–Crippen MR) is 84.1 cm³/mol. The molecule has 1 unspecified atom stereocenters. The predicted octanol–water partition coefficient (Wildman–Crippen LogP) is 2.82. The Morgan fingerprint density at radius 3 is 2.62 bits per heavy atom. The van der Waals surface area contributed by atoms with Crippen molar-refractivity contribution in [2.45, 2.75) is 17.9 Å². The molecule has 0 aromatic heterocycles. The largest absolute Gasteiger partial charge is 0.478 e. The van der Waals surface area contributed by atoms with E-state index in [2.05, 4.69) is 0 Å². The molecular weight excluding hydrogens is 357 g/mol. The molecule has 21 heavy (non-hydrogen) atoms. The molecule has 1 atom stereocenters. The van der Waals surface area contributed by atoms with E-state index in [1.807, 2.05) is 6.92 Å². The first-order valence-electron chi connectivity index (χ1n) is 6.07. The van der Waals surface area contributed by atoms with Gasteiger partial charge < -0.3 is 5.11 Å². The lowest BCUT2D eigenvalue weighted by Gasteiger charge is -2.32. The average molecular weight is 370 g/mol. The molecule has 1 aliphatic rings. The van der Waals surface area contributed by atoms with E-state index in [1.54, 1.807) is 11.8 Å². The van der Waals surface area contributed by atoms with Crippen LogP contribution in [0.2, 0.25) is 10.0 Å². The van der Waals surface area contributed by atoms with Gasteiger partial charge in [0.1, 0.15) is 4.90 Å². The zero-order valence-electron chi connectivity index (χ0n) is 11.0. The van der Waals surface area contributed by atoms with Crippen LogP contribution in [0.25, 0.3) is 0 Å². The summed E-state index contributed by atoms with van der Waals surface area (Å²) < 4.78 is 26.8. The van der Waals surface area contributed by atoms with Gasteiger partial charge in [-0.05, 0) is 19.1 Å². The molecule has 0 spiro atoms. The second-order valence-corrected chi connectivity index (χ2v) is 8.43. The van der Waals surface area contributed by atoms with E-state index in [1.165, 1.54) is 4.31 Å². The maximum absolute atomic E-state index is 12.7. The molecule has 0 bridgehead atoms. The van der Waals surface area contributed by atoms with E-state index in [4.69, 9.17) is 28.3 Å². The topological polar surface area (TPSA) is 74.7 Å². The highest BCUT2D eigenvalue weighted by molar-refractivity contribution is 7.99. The SMILES string of the molecule is CC1CSCCN1S(=O)(=O)c1cc(C(=O)O)c(Cl)cc1Cl. The first kappa shape index (κ1) is 16.9. The zero-order chi connectivity index (χ0) is 15.8. The second-order valence-electron chi connectivity index (χ2n) is 4.61. The van der Waals surface area contributed by atoms with Crippen LogP contribution in [0.3, 0.4) is 0 Å². The number of benzene rings is 1. The number of thioether (sulfide) groups is 1. The Morgan fingerprint density at radius 1 is 1.38 bits per heavy atom. The van der Waals surface area contributed by atoms with Gasteiger partial charge in [-0.25, -0.2) is 13.2 Å². The summed E-state index contributed by atoms with van der Waals surface area (Å²) in [6.45, 7) is 2.18. The smallest absolute Gasteiger partial charge is 0.337 e. The summed E-state index contributed by atoms with van der Waals surface area (Å²) in [6.07, 6.45) is 0. The molecule has 1 aromatic carbocycles. The monoisotopic (exact) mass is 369 g/mol. The molecule has 5 nitrogen and oxygen atoms in total. The maximum atomic E-state index is 12.7. The first-order valence-corrected chi connectivity index (χ1v) is 9.42. The number of hydrogen-bond acceptors (Lipinski definition) is 4. The Morgan fingerprint density at radius 2 is 2.05 bits per heavy atom. The molecule has 116 valence electrons. The van der Waals surface area contributed by atoms with Crippen molar-refractivity contribution in [3.05, 3.63) is 27.7 Å². The molecule has 0 radical (unpaired) electrons. The Kier molecular flexibility index (Phi) is 5.10. The van der Waals surface area contributed by atoms with Crippen LogP contribution in [0.5, 0.6) is 0 Å². The Bertz CT molecular complexity index is 678. The van der Waals surface area contributed by atoms with Gasteiger partial charge in [-0.15, -0.1) is 0 Å². The minimum Gasteiger partial charge on any atom is -0.478 e. The fourth-order valence-electron chi connectivity index (χ4n) is 2.09. The summed E-state index contributed by atoms with van der Waals surface area (Å²) in [5, 5.41) is 8.91. The van der Waals surface area contributed by atoms with E-state index >= 15 is 0 Å². The minimum atomic E-state index is -3.85. The standard InChI is InChI=1S/C12H13Cl2NO4S2/c1-7-6-20-3-2-15(7)21(18,19)11-4-8(12(16)17)9(13)5-10(11)14/h4-5,7H,2-3,6H2,1H3,(H,16,17). The molecule has 1 heterocycles. The number of carbonyl (C=O) groups is 1. The van der Waals surface area contributed by atoms with Crippen LogP contribution in [0.1, 0.15) is 17.3 Å². The summed E-state index contributed by atoms with van der Waals surface area (Å²) in [5.74, 6) is 0.0897. The summed E-state index contributed by atoms with van der Waals surface area (Å²) in [4.78, 5) is 10.9. The lowest BCUT2D eigenvalue weighted by molar-refractivity contribution is 0.0697. The highest BCUT2D eigenvalue weighted by atomic mass is 35.5. The molecule has 2 rings (SSSR count). The van der Waals surface area contributed by atoms with E-state index in [-0.39, 0.29) is 26.5 Å². The quantitative estimate of drug-likeness (QED) is 0.886. The van der Waals surface area contributed by atoms with E-state index in [0.29, 0.717) is 18.1 Å². The van der Waals surface area contributed by atoms with Gasteiger partial charge in [-0.2, -0.15) is 16.1 Å². The molecule has 1 aromatic rings. The van der Waals surface area contributed by atoms with Crippen LogP contribution >= 0.6 is 35.0 Å². The van der Waals surface area contributed by atoms with Crippen LogP contribution in [0.4, 0.5) is 0 Å². The van der Waals surface area contributed by atoms with Crippen molar-refractivity contribution in [3.8, 4) is 0 Å². The van der Waals surface area contributed by atoms with Gasteiger partial charge in [0.15, 0.2) is 0 Å². The van der Waals surface area contributed by atoms with Crippen molar-refractivity contribution in [2.75, 3.05) is 18.1 Å². The fourth-order valence-corrected chi connectivity index (χ4v) is 5.77. The third-order valence-corrected chi connectivity index (χ3v) is 7.13. The molecule has 1 N–H and O–H groups in total. The lowest BCUT2D eigenvalue weighted by Crippen LogP contribution is -2.44. The third-order valence-electron chi connectivity index (χ3n) is 3.15. The van der Waals surface area contributed by atoms with Crippen molar-refractivity contribution in [1.82, 2.24) is 4.31 Å². The molecule has 1 aliphatic heterocycles. The van der Waals surface area contributed by atoms with Gasteiger partial charge in [0.2, 0.25) is 10.0 Å². The molecule has 1 fully saturated rings. The van der Waals surface area contributed by atoms with E-state index in [0.717, 1.165) is 12.1 Å². The van der Waals surface area contributed by atoms with Gasteiger partial charge in [-0.3, -0.25) is 0 Å². The third kappa shape index (κ3) is 3.32. The molecule has 0 aliphatic carbocycles. The Balaban J connectivity index is 2.54. The summed E-state index contributed by atoms with van der Waals surface area (Å²) in [7, 11) is -3.85. The molecule has 0 amide bonds. The number of sulfonamides is 1. The van der Waals surface area contributed by atoms with Crippen molar-refractivity contribution in [2.24, 2.45) is 0 Å². The second kappa shape index (κ2) is 6.34. The molecule has 0 saturated carbocycles. The summed E-state index contributed by atoms with van der Waals surface area (Å²) >= 11 is 13.4. The number of halogens is 2. The molecule has 1 saturated heterocycles. The Labute approximate surface area is 137 Å². The van der Waals surface area contributed by atoms with Gasteiger partial charge in [0.05, 0.1) is 15.6 Å². The van der Waals surface area contributed by atoms with Crippen LogP contribution in [0.15, 0.2) is 17.0 Å². The first-order chi connectivity index (χ1) is 9.75. The summed E-state index contributed by atoms with van der Waals surface area (Å²) in [5.41, 5.74) is -0.279. The Hall–Kier alpha value is -0.470. The maximum Gasteiger partial charge on any atom is 0.337 e. The fraction of sp³-hybridized carbons (Fsp3) is 0.417. The van der Waals surface area contributed by atoms with Crippen LogP contribution in [-0.4, -0.2) is 47.9 Å². The van der Waals surface area contributed by atoms with Gasteiger partial charge in [0, 0.05) is 24.1 Å². The highest BCUT2D eigenvalue weighted by Crippen LogP contribution is 2.32. The normalized spacial score (nSPS) is 20.4. The molecule has 9 heteroatoms. The van der Waals surface area contributed by atoms with Crippen molar-refractivity contribution < 1.29 is 18.3 Å². The van der Waals surface area contributed by atoms with E-state index in [9.17, 15) is 13.2 Å². The van der Waals surface area contributed by atoms with Crippen LogP contribution < -0.4 is 0 Å². The highest BCUT2D eigenvalue weighted by Gasteiger charge is 2.33. The van der Waals surface area contributed by atoms with Crippen molar-refractivity contribution in [1.29, 1.82) is 0 Å². The van der Waals surface area contributed by atoms with Gasteiger partial charge in [-0.1, -0.05) is 23.2 Å². The van der Waals surface area contributed by atoms with Crippen molar-refractivity contribution in [3.63, 3.8) is 0 Å². The van der Waals surface area contributed by atoms with E-state index < -0.39 is 16.0 Å². The number of nitrogens with zero attached hydrogens (tertiary/aromatic N) is 1. The lowest BCUT2D eigenvalue weighted by atomic mass is 10.2. The number of carboxylic acid groups (broad SMARTS) is 1. The van der Waals surface area contributed by atoms with Gasteiger partial charge >= 0.3 is 5.97 Å². The van der Waals surface area contributed by atoms with Gasteiger partial charge in [0.25, 0.3) is 0 Å². The number of carboxylic acids is 1.